The zero-order chi connectivity index (χ0) is 25.4. The fourth-order valence-electron chi connectivity index (χ4n) is 5.73. The van der Waals surface area contributed by atoms with Gasteiger partial charge in [-0.15, -0.1) is 0 Å². The van der Waals surface area contributed by atoms with Crippen LogP contribution in [0.25, 0.3) is 0 Å². The monoisotopic (exact) mass is 561 g/mol. The van der Waals surface area contributed by atoms with Crippen LogP contribution in [0.5, 0.6) is 0 Å². The highest BCUT2D eigenvalue weighted by Gasteiger charge is 2.35. The first kappa shape index (κ1) is 25.5. The summed E-state index contributed by atoms with van der Waals surface area (Å²) in [6.07, 6.45) is 2.69. The molecule has 1 amide bonds. The van der Waals surface area contributed by atoms with E-state index in [-0.39, 0.29) is 23.7 Å². The molecule has 8 nitrogen and oxygen atoms in total. The highest BCUT2D eigenvalue weighted by atomic mass is 79.9. The van der Waals surface area contributed by atoms with E-state index in [0.29, 0.717) is 62.0 Å². The van der Waals surface area contributed by atoms with Crippen molar-refractivity contribution in [3.8, 4) is 0 Å². The lowest BCUT2D eigenvalue weighted by molar-refractivity contribution is -0.133. The first-order chi connectivity index (χ1) is 17.3. The van der Waals surface area contributed by atoms with Gasteiger partial charge < -0.3 is 24.9 Å². The largest absolute Gasteiger partial charge is 0.393 e. The van der Waals surface area contributed by atoms with Crippen LogP contribution in [0, 0.1) is 5.82 Å². The standard InChI is InChI=1S/C26H33BrFN5O3/c1-16-12-22(35)24-23(16)25(30-15-29-24)32-8-10-33(11-9-32)26(36)19(14-31-6-4-18(34)5-7-31)17-2-3-20(27)21(28)13-17/h2-3,13,15-16,18-19,22,34-35H,4-12,14H2,1H3/t16-,19?,22-/m1/s1. The van der Waals surface area contributed by atoms with Gasteiger partial charge in [0, 0.05) is 51.4 Å². The maximum absolute atomic E-state index is 14.4. The van der Waals surface area contributed by atoms with E-state index >= 15 is 0 Å². The second-order valence-electron chi connectivity index (χ2n) is 10.2. The van der Waals surface area contributed by atoms with Crippen LogP contribution in [0.15, 0.2) is 29.0 Å². The molecule has 0 saturated carbocycles. The molecule has 0 bridgehead atoms. The number of nitrogens with zero attached hydrogens (tertiary/aromatic N) is 5. The third-order valence-corrected chi connectivity index (χ3v) is 8.45. The average molecular weight is 562 g/mol. The number of carbonyl (C=O) groups excluding carboxylic acids is 1. The van der Waals surface area contributed by atoms with Crippen molar-refractivity contribution in [2.45, 2.75) is 50.2 Å². The predicted octanol–water partition coefficient (Wildman–Crippen LogP) is 2.81. The molecule has 0 spiro atoms. The van der Waals surface area contributed by atoms with Crippen molar-refractivity contribution in [1.82, 2.24) is 19.8 Å². The third-order valence-electron chi connectivity index (χ3n) is 7.81. The Morgan fingerprint density at radius 3 is 2.56 bits per heavy atom. The summed E-state index contributed by atoms with van der Waals surface area (Å²) in [5.41, 5.74) is 2.40. The van der Waals surface area contributed by atoms with Crippen LogP contribution < -0.4 is 4.90 Å². The fourth-order valence-corrected chi connectivity index (χ4v) is 5.98. The highest BCUT2D eigenvalue weighted by Crippen LogP contribution is 2.42. The molecule has 2 aromatic rings. The van der Waals surface area contributed by atoms with E-state index in [4.69, 9.17) is 0 Å². The second kappa shape index (κ2) is 10.7. The first-order valence-corrected chi connectivity index (χ1v) is 13.5. The quantitative estimate of drug-likeness (QED) is 0.579. The molecule has 36 heavy (non-hydrogen) atoms. The molecule has 3 atom stereocenters. The van der Waals surface area contributed by atoms with E-state index in [9.17, 15) is 19.4 Å². The van der Waals surface area contributed by atoms with Crippen LogP contribution in [0.4, 0.5) is 10.2 Å². The molecule has 2 N–H and O–H groups in total. The summed E-state index contributed by atoms with van der Waals surface area (Å²) in [6, 6.07) is 4.94. The van der Waals surface area contributed by atoms with Crippen LogP contribution in [0.1, 0.15) is 60.9 Å². The molecule has 3 aliphatic rings. The summed E-state index contributed by atoms with van der Waals surface area (Å²) in [7, 11) is 0. The molecular weight excluding hydrogens is 529 g/mol. The van der Waals surface area contributed by atoms with Crippen molar-refractivity contribution in [3.05, 3.63) is 51.6 Å². The molecule has 0 radical (unpaired) electrons. The van der Waals surface area contributed by atoms with Crippen LogP contribution in [0.2, 0.25) is 0 Å². The van der Waals surface area contributed by atoms with E-state index in [1.165, 1.54) is 12.4 Å². The van der Waals surface area contributed by atoms with E-state index < -0.39 is 12.0 Å². The van der Waals surface area contributed by atoms with Gasteiger partial charge in [-0.25, -0.2) is 14.4 Å². The number of piperazine rings is 1. The Morgan fingerprint density at radius 1 is 1.14 bits per heavy atom. The smallest absolute Gasteiger partial charge is 0.231 e. The number of likely N-dealkylation sites (tertiary alicyclic amines) is 1. The number of carbonyl (C=O) groups is 1. The number of anilines is 1. The predicted molar refractivity (Wildman–Crippen MR) is 137 cm³/mol. The summed E-state index contributed by atoms with van der Waals surface area (Å²) >= 11 is 3.21. The van der Waals surface area contributed by atoms with Crippen molar-refractivity contribution < 1.29 is 19.4 Å². The van der Waals surface area contributed by atoms with Gasteiger partial charge in [0.2, 0.25) is 5.91 Å². The topological polar surface area (TPSA) is 93.0 Å². The molecular formula is C26H33BrFN5O3. The van der Waals surface area contributed by atoms with Gasteiger partial charge in [-0.2, -0.15) is 0 Å². The number of benzene rings is 1. The zero-order valence-electron chi connectivity index (χ0n) is 20.5. The second-order valence-corrected chi connectivity index (χ2v) is 11.1. The van der Waals surface area contributed by atoms with Crippen LogP contribution in [-0.4, -0.2) is 87.8 Å². The normalized spacial score (nSPS) is 24.1. The Kier molecular flexibility index (Phi) is 7.57. The number of hydrogen-bond donors (Lipinski definition) is 2. The van der Waals surface area contributed by atoms with Gasteiger partial charge in [0.15, 0.2) is 0 Å². The summed E-state index contributed by atoms with van der Waals surface area (Å²) in [5.74, 6) is 0.185. The van der Waals surface area contributed by atoms with Crippen molar-refractivity contribution in [2.24, 2.45) is 0 Å². The molecule has 1 unspecified atom stereocenters. The number of aliphatic hydroxyl groups is 2. The van der Waals surface area contributed by atoms with Gasteiger partial charge in [-0.1, -0.05) is 13.0 Å². The Bertz CT molecular complexity index is 1100. The maximum Gasteiger partial charge on any atom is 0.231 e. The molecule has 1 aliphatic carbocycles. The van der Waals surface area contributed by atoms with Gasteiger partial charge >= 0.3 is 0 Å². The highest BCUT2D eigenvalue weighted by molar-refractivity contribution is 9.10. The van der Waals surface area contributed by atoms with E-state index in [0.717, 1.165) is 30.2 Å². The fraction of sp³-hybridized carbons (Fsp3) is 0.577. The molecule has 2 fully saturated rings. The number of piperidine rings is 1. The molecule has 2 saturated heterocycles. The Morgan fingerprint density at radius 2 is 1.86 bits per heavy atom. The summed E-state index contributed by atoms with van der Waals surface area (Å²) < 4.78 is 14.8. The van der Waals surface area contributed by atoms with Crippen molar-refractivity contribution in [1.29, 1.82) is 0 Å². The lowest BCUT2D eigenvalue weighted by atomic mass is 9.95. The minimum absolute atomic E-state index is 0.000740. The molecule has 1 aromatic heterocycles. The minimum Gasteiger partial charge on any atom is -0.393 e. The molecule has 2 aliphatic heterocycles. The number of halogens is 2. The average Bonchev–Trinajstić information content (AvgIpc) is 3.18. The number of hydrogen-bond acceptors (Lipinski definition) is 7. The Balaban J connectivity index is 1.31. The Labute approximate surface area is 219 Å². The molecule has 3 heterocycles. The van der Waals surface area contributed by atoms with E-state index in [1.54, 1.807) is 6.07 Å². The van der Waals surface area contributed by atoms with Gasteiger partial charge in [0.1, 0.15) is 18.0 Å². The van der Waals surface area contributed by atoms with Crippen molar-refractivity contribution >= 4 is 27.7 Å². The number of fused-ring (bicyclic) bond motifs is 1. The van der Waals surface area contributed by atoms with E-state index in [1.807, 2.05) is 11.0 Å². The number of rotatable bonds is 5. The van der Waals surface area contributed by atoms with Crippen LogP contribution >= 0.6 is 15.9 Å². The number of aliphatic hydroxyl groups excluding tert-OH is 2. The third kappa shape index (κ3) is 5.14. The van der Waals surface area contributed by atoms with Gasteiger partial charge in [0.05, 0.1) is 28.3 Å². The first-order valence-electron chi connectivity index (χ1n) is 12.7. The molecule has 194 valence electrons. The summed E-state index contributed by atoms with van der Waals surface area (Å²) in [5, 5.41) is 20.2. The Hall–Kier alpha value is -2.14. The maximum atomic E-state index is 14.4. The van der Waals surface area contributed by atoms with Crippen LogP contribution in [0.3, 0.4) is 0 Å². The summed E-state index contributed by atoms with van der Waals surface area (Å²) in [4.78, 5) is 28.9. The van der Waals surface area contributed by atoms with Crippen LogP contribution in [-0.2, 0) is 4.79 Å². The lowest BCUT2D eigenvalue weighted by Gasteiger charge is -2.39. The SMILES string of the molecule is C[C@@H]1C[C@@H](O)c2ncnc(N3CCN(C(=O)C(CN4CCC(O)CC4)c4ccc(Br)c(F)c4)CC3)c21. The van der Waals surface area contributed by atoms with Gasteiger partial charge in [-0.3, -0.25) is 4.79 Å². The summed E-state index contributed by atoms with van der Waals surface area (Å²) in [6.45, 7) is 6.39. The van der Waals surface area contributed by atoms with Gasteiger partial charge in [-0.05, 0) is 58.8 Å². The zero-order valence-corrected chi connectivity index (χ0v) is 22.1. The van der Waals surface area contributed by atoms with E-state index in [2.05, 4.69) is 42.6 Å². The number of aromatic nitrogens is 2. The molecule has 10 heteroatoms. The van der Waals surface area contributed by atoms with Crippen molar-refractivity contribution in [2.75, 3.05) is 50.7 Å². The molecule has 5 rings (SSSR count). The van der Waals surface area contributed by atoms with Gasteiger partial charge in [0.25, 0.3) is 0 Å². The lowest BCUT2D eigenvalue weighted by Crippen LogP contribution is -2.52. The minimum atomic E-state index is -0.553. The number of amides is 1. The van der Waals surface area contributed by atoms with Crippen molar-refractivity contribution in [3.63, 3.8) is 0 Å². The molecule has 1 aromatic carbocycles.